The van der Waals surface area contributed by atoms with Crippen LogP contribution in [0.2, 0.25) is 0 Å². The molecule has 0 amide bonds. The Kier molecular flexibility index (Phi) is 4.06. The number of aromatic nitrogens is 2. The summed E-state index contributed by atoms with van der Waals surface area (Å²) in [6, 6.07) is 9.98. The van der Waals surface area contributed by atoms with E-state index >= 15 is 0 Å². The van der Waals surface area contributed by atoms with Crippen molar-refractivity contribution in [3.05, 3.63) is 52.3 Å². The highest BCUT2D eigenvalue weighted by atomic mass is 79.9. The first kappa shape index (κ1) is 12.0. The molecule has 1 aromatic heterocycles. The van der Waals surface area contributed by atoms with Crippen LogP contribution in [0.1, 0.15) is 11.3 Å². The second-order valence-electron chi connectivity index (χ2n) is 3.50. The van der Waals surface area contributed by atoms with E-state index in [-0.39, 0.29) is 5.95 Å². The van der Waals surface area contributed by atoms with Crippen molar-refractivity contribution in [2.75, 3.05) is 5.73 Å². The Hall–Kier alpha value is -1.46. The van der Waals surface area contributed by atoms with Gasteiger partial charge < -0.3 is 10.5 Å². The van der Waals surface area contributed by atoms with Gasteiger partial charge in [0.15, 0.2) is 0 Å². The quantitative estimate of drug-likeness (QED) is 0.941. The predicted octanol–water partition coefficient (Wildman–Crippen LogP) is 2.54. The van der Waals surface area contributed by atoms with Gasteiger partial charge in [0, 0.05) is 6.20 Å². The van der Waals surface area contributed by atoms with Gasteiger partial charge in [-0.25, -0.2) is 9.97 Å². The molecular weight excluding hydrogens is 282 g/mol. The van der Waals surface area contributed by atoms with Crippen LogP contribution >= 0.6 is 15.9 Å². The number of hydrogen-bond donors (Lipinski definition) is 1. The molecule has 0 saturated heterocycles. The molecule has 0 aliphatic heterocycles. The Morgan fingerprint density at radius 2 is 1.94 bits per heavy atom. The molecule has 2 aromatic rings. The largest absolute Gasteiger partial charge is 0.370 e. The number of nitrogen functional groups attached to an aromatic ring is 1. The molecule has 1 aromatic carbocycles. The average Bonchev–Trinajstić information content (AvgIpc) is 2.35. The van der Waals surface area contributed by atoms with E-state index in [1.807, 2.05) is 30.3 Å². The average molecular weight is 294 g/mol. The summed E-state index contributed by atoms with van der Waals surface area (Å²) in [4.78, 5) is 7.97. The number of benzene rings is 1. The number of hydrogen-bond acceptors (Lipinski definition) is 4. The fraction of sp³-hybridized carbons (Fsp3) is 0.167. The highest BCUT2D eigenvalue weighted by Gasteiger charge is 2.03. The zero-order valence-electron chi connectivity index (χ0n) is 9.14. The Morgan fingerprint density at radius 3 is 2.71 bits per heavy atom. The number of halogens is 1. The van der Waals surface area contributed by atoms with Crippen molar-refractivity contribution in [1.29, 1.82) is 0 Å². The minimum absolute atomic E-state index is 0.256. The molecule has 0 aliphatic carbocycles. The van der Waals surface area contributed by atoms with E-state index < -0.39 is 0 Å². The number of rotatable bonds is 4. The van der Waals surface area contributed by atoms with Crippen LogP contribution in [0.4, 0.5) is 5.95 Å². The third-order valence-electron chi connectivity index (χ3n) is 2.19. The van der Waals surface area contributed by atoms with Crippen molar-refractivity contribution in [3.8, 4) is 0 Å². The molecule has 0 atom stereocenters. The van der Waals surface area contributed by atoms with Crippen molar-refractivity contribution in [2.24, 2.45) is 0 Å². The molecule has 0 unspecified atom stereocenters. The van der Waals surface area contributed by atoms with Gasteiger partial charge in [-0.3, -0.25) is 0 Å². The van der Waals surface area contributed by atoms with Crippen LogP contribution in [0.3, 0.4) is 0 Å². The lowest BCUT2D eigenvalue weighted by Gasteiger charge is -2.06. The second kappa shape index (κ2) is 5.75. The molecule has 88 valence electrons. The molecule has 1 heterocycles. The predicted molar refractivity (Wildman–Crippen MR) is 69.1 cm³/mol. The van der Waals surface area contributed by atoms with Gasteiger partial charge in [0.2, 0.25) is 5.95 Å². The molecule has 0 spiro atoms. The third-order valence-corrected chi connectivity index (χ3v) is 2.85. The minimum Gasteiger partial charge on any atom is -0.370 e. The smallest absolute Gasteiger partial charge is 0.220 e. The van der Waals surface area contributed by atoms with E-state index in [9.17, 15) is 0 Å². The van der Waals surface area contributed by atoms with Crippen molar-refractivity contribution < 1.29 is 4.74 Å². The molecule has 0 bridgehead atoms. The lowest BCUT2D eigenvalue weighted by atomic mass is 10.2. The first-order valence-corrected chi connectivity index (χ1v) is 5.93. The van der Waals surface area contributed by atoms with Crippen LogP contribution in [0.15, 0.2) is 41.0 Å². The van der Waals surface area contributed by atoms with E-state index in [0.29, 0.717) is 13.2 Å². The molecular formula is C12H12BrN3O. The fourth-order valence-electron chi connectivity index (χ4n) is 1.36. The summed E-state index contributed by atoms with van der Waals surface area (Å²) in [6.45, 7) is 0.958. The summed E-state index contributed by atoms with van der Waals surface area (Å²) in [5, 5.41) is 0. The zero-order chi connectivity index (χ0) is 12.1. The fourth-order valence-corrected chi connectivity index (χ4v) is 1.66. The highest BCUT2D eigenvalue weighted by molar-refractivity contribution is 9.10. The first-order chi connectivity index (χ1) is 8.25. The van der Waals surface area contributed by atoms with Crippen molar-refractivity contribution >= 4 is 21.9 Å². The number of anilines is 1. The summed E-state index contributed by atoms with van der Waals surface area (Å²) in [5.41, 5.74) is 7.40. The van der Waals surface area contributed by atoms with Crippen molar-refractivity contribution in [2.45, 2.75) is 13.2 Å². The zero-order valence-corrected chi connectivity index (χ0v) is 10.7. The monoisotopic (exact) mass is 293 g/mol. The number of nitrogens with two attached hydrogens (primary N) is 1. The van der Waals surface area contributed by atoms with Crippen molar-refractivity contribution in [1.82, 2.24) is 9.97 Å². The van der Waals surface area contributed by atoms with Gasteiger partial charge in [0.25, 0.3) is 0 Å². The van der Waals surface area contributed by atoms with Gasteiger partial charge in [-0.1, -0.05) is 30.3 Å². The summed E-state index contributed by atoms with van der Waals surface area (Å²) < 4.78 is 6.37. The summed E-state index contributed by atoms with van der Waals surface area (Å²) in [6.07, 6.45) is 1.63. The molecule has 0 saturated carbocycles. The van der Waals surface area contributed by atoms with E-state index in [2.05, 4.69) is 25.9 Å². The lowest BCUT2D eigenvalue weighted by Crippen LogP contribution is -2.02. The van der Waals surface area contributed by atoms with Crippen molar-refractivity contribution in [3.63, 3.8) is 0 Å². The van der Waals surface area contributed by atoms with E-state index in [1.165, 1.54) is 0 Å². The minimum atomic E-state index is 0.256. The summed E-state index contributed by atoms with van der Waals surface area (Å²) >= 11 is 3.36. The highest BCUT2D eigenvalue weighted by Crippen LogP contribution is 2.15. The second-order valence-corrected chi connectivity index (χ2v) is 4.36. The van der Waals surface area contributed by atoms with Crippen LogP contribution in [-0.4, -0.2) is 9.97 Å². The molecule has 0 radical (unpaired) electrons. The van der Waals surface area contributed by atoms with Gasteiger partial charge >= 0.3 is 0 Å². The molecule has 5 heteroatoms. The molecule has 4 nitrogen and oxygen atoms in total. The van der Waals surface area contributed by atoms with E-state index in [1.54, 1.807) is 6.20 Å². The van der Waals surface area contributed by atoms with Crippen LogP contribution < -0.4 is 5.73 Å². The number of ether oxygens (including phenoxy) is 1. The summed E-state index contributed by atoms with van der Waals surface area (Å²) in [7, 11) is 0. The van der Waals surface area contributed by atoms with Gasteiger partial charge in [-0.2, -0.15) is 0 Å². The Balaban J connectivity index is 1.92. The normalized spacial score (nSPS) is 10.4. The van der Waals surface area contributed by atoms with Gasteiger partial charge in [0.1, 0.15) is 0 Å². The topological polar surface area (TPSA) is 61.0 Å². The van der Waals surface area contributed by atoms with Crippen LogP contribution in [0.25, 0.3) is 0 Å². The number of nitrogens with zero attached hydrogens (tertiary/aromatic N) is 2. The van der Waals surface area contributed by atoms with Gasteiger partial charge in [0.05, 0.1) is 23.4 Å². The Morgan fingerprint density at radius 1 is 1.18 bits per heavy atom. The van der Waals surface area contributed by atoms with Crippen LogP contribution in [0, 0.1) is 0 Å². The summed E-state index contributed by atoms with van der Waals surface area (Å²) in [5.74, 6) is 0.256. The van der Waals surface area contributed by atoms with E-state index in [0.717, 1.165) is 15.7 Å². The molecule has 2 rings (SSSR count). The first-order valence-electron chi connectivity index (χ1n) is 5.14. The lowest BCUT2D eigenvalue weighted by molar-refractivity contribution is 0.104. The molecule has 17 heavy (non-hydrogen) atoms. The Labute approximate surface area is 108 Å². The SMILES string of the molecule is Nc1ncc(Br)c(COCc2ccccc2)n1. The van der Waals surface area contributed by atoms with Crippen LogP contribution in [0.5, 0.6) is 0 Å². The molecule has 0 fully saturated rings. The van der Waals surface area contributed by atoms with E-state index in [4.69, 9.17) is 10.5 Å². The maximum Gasteiger partial charge on any atom is 0.220 e. The van der Waals surface area contributed by atoms with Gasteiger partial charge in [-0.05, 0) is 21.5 Å². The van der Waals surface area contributed by atoms with Crippen LogP contribution in [-0.2, 0) is 18.0 Å². The Bertz CT molecular complexity index is 490. The molecule has 2 N–H and O–H groups in total. The van der Waals surface area contributed by atoms with Gasteiger partial charge in [-0.15, -0.1) is 0 Å². The maximum absolute atomic E-state index is 5.57. The standard InChI is InChI=1S/C12H12BrN3O/c13-10-6-15-12(14)16-11(10)8-17-7-9-4-2-1-3-5-9/h1-6H,7-8H2,(H2,14,15,16). The third kappa shape index (κ3) is 3.51. The molecule has 0 aliphatic rings. The maximum atomic E-state index is 5.57.